The van der Waals surface area contributed by atoms with E-state index in [0.29, 0.717) is 25.3 Å². The molecule has 1 aromatic heterocycles. The Morgan fingerprint density at radius 3 is 2.21 bits per heavy atom. The number of anilines is 1. The van der Waals surface area contributed by atoms with Crippen molar-refractivity contribution < 1.29 is 9.59 Å². The summed E-state index contributed by atoms with van der Waals surface area (Å²) >= 11 is 0. The predicted molar refractivity (Wildman–Crippen MR) is 157 cm³/mol. The Morgan fingerprint density at radius 1 is 1.03 bits per heavy atom. The number of carbonyl (C=O) groups is 2. The molecule has 8 nitrogen and oxygen atoms in total. The second kappa shape index (κ2) is 14.0. The molecular formula is C30H40N6O2. The number of nitrogen functional groups attached to an aromatic ring is 1. The summed E-state index contributed by atoms with van der Waals surface area (Å²) in [6, 6.07) is 7.96. The molecule has 0 aliphatic heterocycles. The predicted octanol–water partition coefficient (Wildman–Crippen LogP) is 3.70. The first-order valence-corrected chi connectivity index (χ1v) is 12.5. The van der Waals surface area contributed by atoms with Crippen LogP contribution in [0.1, 0.15) is 38.9 Å². The number of hydrogen-bond acceptors (Lipinski definition) is 7. The molecule has 1 heterocycles. The largest absolute Gasteiger partial charge is 0.404 e. The van der Waals surface area contributed by atoms with Crippen molar-refractivity contribution in [1.29, 1.82) is 0 Å². The number of rotatable bonds is 8. The van der Waals surface area contributed by atoms with E-state index in [0.717, 1.165) is 56.0 Å². The van der Waals surface area contributed by atoms with Crippen molar-refractivity contribution in [2.24, 2.45) is 10.7 Å². The van der Waals surface area contributed by atoms with Crippen molar-refractivity contribution >= 4 is 35.0 Å². The molecule has 0 fully saturated rings. The molecule has 202 valence electrons. The van der Waals surface area contributed by atoms with E-state index in [4.69, 9.17) is 11.5 Å². The van der Waals surface area contributed by atoms with Gasteiger partial charge in [-0.3, -0.25) is 9.79 Å². The maximum absolute atomic E-state index is 12.7. The van der Waals surface area contributed by atoms with Gasteiger partial charge in [0.1, 0.15) is 12.1 Å². The zero-order valence-electron chi connectivity index (χ0n) is 23.6. The summed E-state index contributed by atoms with van der Waals surface area (Å²) in [5.41, 5.74) is 19.3. The van der Waals surface area contributed by atoms with Crippen LogP contribution < -0.4 is 16.8 Å². The van der Waals surface area contributed by atoms with Crippen LogP contribution in [0.5, 0.6) is 0 Å². The lowest BCUT2D eigenvalue weighted by atomic mass is 9.96. The number of aryl methyl sites for hydroxylation is 4. The summed E-state index contributed by atoms with van der Waals surface area (Å²) in [6.07, 6.45) is 5.76. The molecule has 0 radical (unpaired) electrons. The molecule has 0 bridgehead atoms. The highest BCUT2D eigenvalue weighted by Gasteiger charge is 2.13. The van der Waals surface area contributed by atoms with Gasteiger partial charge in [-0.15, -0.1) is 0 Å². The molecular weight excluding hydrogens is 476 g/mol. The van der Waals surface area contributed by atoms with Crippen molar-refractivity contribution in [3.63, 3.8) is 0 Å². The quantitative estimate of drug-likeness (QED) is 0.238. The highest BCUT2D eigenvalue weighted by atomic mass is 16.1. The zero-order chi connectivity index (χ0) is 28.4. The summed E-state index contributed by atoms with van der Waals surface area (Å²) in [7, 11) is 6.00. The number of nitrogens with zero attached hydrogens (tertiary/aromatic N) is 3. The monoisotopic (exact) mass is 516 g/mol. The lowest BCUT2D eigenvalue weighted by Gasteiger charge is -2.15. The Labute approximate surface area is 225 Å². The number of aliphatic imine (C=N–C) groups is 1. The van der Waals surface area contributed by atoms with Gasteiger partial charge in [-0.25, -0.2) is 4.98 Å². The lowest BCUT2D eigenvalue weighted by Crippen LogP contribution is -2.26. The van der Waals surface area contributed by atoms with E-state index in [1.165, 1.54) is 12.4 Å². The van der Waals surface area contributed by atoms with E-state index in [2.05, 4.69) is 15.3 Å². The minimum absolute atomic E-state index is 0.288. The fourth-order valence-corrected chi connectivity index (χ4v) is 4.28. The number of aldehydes is 1. The molecule has 0 saturated heterocycles. The second-order valence-electron chi connectivity index (χ2n) is 9.78. The number of nitrogens with two attached hydrogens (primary N) is 2. The van der Waals surface area contributed by atoms with Crippen LogP contribution in [-0.4, -0.2) is 49.4 Å². The molecule has 0 aliphatic rings. The Morgan fingerprint density at radius 2 is 1.63 bits per heavy atom. The molecule has 2 aromatic carbocycles. The van der Waals surface area contributed by atoms with Crippen LogP contribution in [0.15, 0.2) is 47.2 Å². The molecule has 0 aliphatic carbocycles. The van der Waals surface area contributed by atoms with Gasteiger partial charge in [-0.2, -0.15) is 0 Å². The average molecular weight is 517 g/mol. The van der Waals surface area contributed by atoms with Crippen molar-refractivity contribution in [3.8, 4) is 0 Å². The second-order valence-corrected chi connectivity index (χ2v) is 9.78. The van der Waals surface area contributed by atoms with Crippen LogP contribution in [0, 0.1) is 27.7 Å². The summed E-state index contributed by atoms with van der Waals surface area (Å²) in [6.45, 7) is 8.74. The first kappa shape index (κ1) is 30.2. The lowest BCUT2D eigenvalue weighted by molar-refractivity contribution is -0.117. The van der Waals surface area contributed by atoms with E-state index in [1.54, 1.807) is 6.20 Å². The fraction of sp³-hybridized carbons (Fsp3) is 0.333. The SMILES string of the molecule is CN(C)C.Cc1cc(CN=C/C(=C\N)C(=O)NCc2c(C)cc3c(N)nccc3c2C)cc(C)c1CC=O. The molecule has 0 atom stereocenters. The van der Waals surface area contributed by atoms with Gasteiger partial charge in [0.05, 0.1) is 12.1 Å². The number of fused-ring (bicyclic) bond motifs is 1. The van der Waals surface area contributed by atoms with Crippen LogP contribution in [0.4, 0.5) is 5.82 Å². The molecule has 3 rings (SSSR count). The molecule has 0 unspecified atom stereocenters. The number of carbonyl (C=O) groups excluding carboxylic acids is 2. The van der Waals surface area contributed by atoms with Gasteiger partial charge in [0.15, 0.2) is 0 Å². The first-order chi connectivity index (χ1) is 18.0. The summed E-state index contributed by atoms with van der Waals surface area (Å²) in [5, 5.41) is 4.87. The third-order valence-corrected chi connectivity index (χ3v) is 6.13. The normalized spacial score (nSPS) is 11.5. The van der Waals surface area contributed by atoms with E-state index >= 15 is 0 Å². The Bertz CT molecular complexity index is 1330. The Kier molecular flexibility index (Phi) is 11.2. The molecule has 0 saturated carbocycles. The van der Waals surface area contributed by atoms with Crippen molar-refractivity contribution in [3.05, 3.63) is 81.2 Å². The van der Waals surface area contributed by atoms with Crippen LogP contribution in [0.3, 0.4) is 0 Å². The van der Waals surface area contributed by atoms with Crippen molar-refractivity contribution in [1.82, 2.24) is 15.2 Å². The highest BCUT2D eigenvalue weighted by Crippen LogP contribution is 2.27. The third-order valence-electron chi connectivity index (χ3n) is 6.13. The molecule has 1 amide bonds. The van der Waals surface area contributed by atoms with E-state index in [9.17, 15) is 9.59 Å². The first-order valence-electron chi connectivity index (χ1n) is 12.5. The van der Waals surface area contributed by atoms with Gasteiger partial charge in [0.25, 0.3) is 5.91 Å². The molecule has 5 N–H and O–H groups in total. The summed E-state index contributed by atoms with van der Waals surface area (Å²) < 4.78 is 0. The van der Waals surface area contributed by atoms with Gasteiger partial charge >= 0.3 is 0 Å². The van der Waals surface area contributed by atoms with Crippen LogP contribution in [-0.2, 0) is 29.1 Å². The summed E-state index contributed by atoms with van der Waals surface area (Å²) in [5.74, 6) is 0.195. The van der Waals surface area contributed by atoms with Crippen LogP contribution in [0.25, 0.3) is 10.8 Å². The topological polar surface area (TPSA) is 127 Å². The maximum Gasteiger partial charge on any atom is 0.254 e. The Hall–Kier alpha value is -4.04. The number of hydrogen-bond donors (Lipinski definition) is 3. The minimum atomic E-state index is -0.298. The van der Waals surface area contributed by atoms with E-state index in [1.807, 2.05) is 78.0 Å². The van der Waals surface area contributed by atoms with Gasteiger partial charge < -0.3 is 26.5 Å². The third kappa shape index (κ3) is 7.98. The number of benzene rings is 2. The molecule has 38 heavy (non-hydrogen) atoms. The number of aromatic nitrogens is 1. The van der Waals surface area contributed by atoms with E-state index in [-0.39, 0.29) is 11.5 Å². The number of amides is 1. The minimum Gasteiger partial charge on any atom is -0.404 e. The fourth-order valence-electron chi connectivity index (χ4n) is 4.28. The van der Waals surface area contributed by atoms with Gasteiger partial charge in [0, 0.05) is 37.0 Å². The molecule has 8 heteroatoms. The van der Waals surface area contributed by atoms with Gasteiger partial charge in [-0.05, 0) is 105 Å². The standard InChI is InChI=1S/C27H31N5O2.C3H9N/c1-16-9-20(10-17(2)22(16)6-8-33)13-30-14-21(12-28)27(34)32-15-25-18(3)11-24-23(19(25)4)5-7-31-26(24)29;1-4(2)3/h5,7-12,14H,6,13,15,28H2,1-4H3,(H2,29,31)(H,32,34);1-3H3/b21-12+,30-14?;. The summed E-state index contributed by atoms with van der Waals surface area (Å²) in [4.78, 5) is 34.2. The van der Waals surface area contributed by atoms with Crippen molar-refractivity contribution in [2.45, 2.75) is 47.2 Å². The zero-order valence-corrected chi connectivity index (χ0v) is 23.6. The van der Waals surface area contributed by atoms with Gasteiger partial charge in [0.2, 0.25) is 0 Å². The molecule has 0 spiro atoms. The number of nitrogens with one attached hydrogen (secondary N) is 1. The van der Waals surface area contributed by atoms with Crippen LogP contribution >= 0.6 is 0 Å². The van der Waals surface area contributed by atoms with Crippen molar-refractivity contribution in [2.75, 3.05) is 26.9 Å². The van der Waals surface area contributed by atoms with E-state index < -0.39 is 0 Å². The average Bonchev–Trinajstić information content (AvgIpc) is 2.84. The molecule has 3 aromatic rings. The number of pyridine rings is 1. The Balaban J connectivity index is 0.00000118. The maximum atomic E-state index is 12.7. The van der Waals surface area contributed by atoms with Crippen LogP contribution in [0.2, 0.25) is 0 Å². The smallest absolute Gasteiger partial charge is 0.254 e. The highest BCUT2D eigenvalue weighted by molar-refractivity contribution is 6.12. The van der Waals surface area contributed by atoms with Gasteiger partial charge in [-0.1, -0.05) is 12.1 Å².